The molecular weight excluding hydrogens is 340 g/mol. The molecule has 0 spiro atoms. The van der Waals surface area contributed by atoms with Gasteiger partial charge in [0.1, 0.15) is 11.4 Å². The lowest BCUT2D eigenvalue weighted by atomic mass is 10.0. The monoisotopic (exact) mass is 364 g/mol. The zero-order valence-corrected chi connectivity index (χ0v) is 14.9. The van der Waals surface area contributed by atoms with Crippen LogP contribution in [-0.2, 0) is 14.3 Å². The molecule has 1 fully saturated rings. The van der Waals surface area contributed by atoms with Crippen LogP contribution in [0.3, 0.4) is 0 Å². The maximum Gasteiger partial charge on any atom is 0.306 e. The van der Waals surface area contributed by atoms with Gasteiger partial charge in [-0.1, -0.05) is 25.7 Å². The third kappa shape index (κ3) is 6.02. The molecule has 0 bridgehead atoms. The number of carbonyl (C=O) groups excluding carboxylic acids is 2. The summed E-state index contributed by atoms with van der Waals surface area (Å²) in [5.74, 6) is -0.127. The number of benzene rings is 1. The molecule has 8 nitrogen and oxygen atoms in total. The first-order valence-electron chi connectivity index (χ1n) is 8.86. The Bertz CT molecular complexity index is 655. The fourth-order valence-electron chi connectivity index (χ4n) is 3.05. The summed E-state index contributed by atoms with van der Waals surface area (Å²) < 4.78 is 10.2. The Morgan fingerprint density at radius 1 is 1.31 bits per heavy atom. The van der Waals surface area contributed by atoms with Crippen molar-refractivity contribution in [3.63, 3.8) is 0 Å². The molecule has 0 saturated heterocycles. The predicted molar refractivity (Wildman–Crippen MR) is 95.0 cm³/mol. The zero-order valence-electron chi connectivity index (χ0n) is 14.9. The molecule has 26 heavy (non-hydrogen) atoms. The summed E-state index contributed by atoms with van der Waals surface area (Å²) in [5.41, 5.74) is -0.248. The van der Waals surface area contributed by atoms with E-state index in [1.807, 2.05) is 0 Å². The summed E-state index contributed by atoms with van der Waals surface area (Å²) >= 11 is 0. The van der Waals surface area contributed by atoms with Gasteiger partial charge < -0.3 is 14.8 Å². The second-order valence-corrected chi connectivity index (χ2v) is 6.27. The molecule has 0 atom stereocenters. The quantitative estimate of drug-likeness (QED) is 0.408. The molecule has 1 aliphatic carbocycles. The summed E-state index contributed by atoms with van der Waals surface area (Å²) in [7, 11) is 0. The number of anilines is 1. The van der Waals surface area contributed by atoms with Gasteiger partial charge in [-0.2, -0.15) is 0 Å². The van der Waals surface area contributed by atoms with Crippen molar-refractivity contribution in [1.29, 1.82) is 0 Å². The van der Waals surface area contributed by atoms with E-state index in [1.54, 1.807) is 6.92 Å². The van der Waals surface area contributed by atoms with Gasteiger partial charge in [0.15, 0.2) is 6.61 Å². The van der Waals surface area contributed by atoms with Crippen molar-refractivity contribution in [2.75, 3.05) is 18.5 Å². The molecule has 0 aromatic heterocycles. The van der Waals surface area contributed by atoms with Crippen molar-refractivity contribution in [2.45, 2.75) is 45.4 Å². The number of amides is 1. The van der Waals surface area contributed by atoms with Gasteiger partial charge in [-0.15, -0.1) is 0 Å². The molecule has 1 amide bonds. The SMILES string of the molecule is CCOc1ccc(NC(=O)COC(=O)CCC2CCCC2)c([N+](=O)[O-])c1. The third-order valence-corrected chi connectivity index (χ3v) is 4.35. The Labute approximate surface area is 152 Å². The highest BCUT2D eigenvalue weighted by Crippen LogP contribution is 2.29. The Hall–Kier alpha value is -2.64. The number of carbonyl (C=O) groups is 2. The Morgan fingerprint density at radius 3 is 2.69 bits per heavy atom. The molecule has 0 unspecified atom stereocenters. The maximum atomic E-state index is 11.9. The van der Waals surface area contributed by atoms with Crippen molar-refractivity contribution in [2.24, 2.45) is 5.92 Å². The summed E-state index contributed by atoms with van der Waals surface area (Å²) in [4.78, 5) is 34.2. The third-order valence-electron chi connectivity index (χ3n) is 4.35. The molecule has 0 aliphatic heterocycles. The van der Waals surface area contributed by atoms with E-state index in [9.17, 15) is 19.7 Å². The van der Waals surface area contributed by atoms with Crippen molar-refractivity contribution in [3.8, 4) is 5.75 Å². The van der Waals surface area contributed by atoms with E-state index in [1.165, 1.54) is 31.0 Å². The van der Waals surface area contributed by atoms with Gasteiger partial charge in [-0.05, 0) is 31.4 Å². The molecule has 1 saturated carbocycles. The Balaban J connectivity index is 1.82. The lowest BCUT2D eigenvalue weighted by Crippen LogP contribution is -2.21. The molecule has 2 rings (SSSR count). The normalized spacial score (nSPS) is 14.0. The molecule has 1 N–H and O–H groups in total. The molecule has 0 radical (unpaired) electrons. The second kappa shape index (κ2) is 9.74. The summed E-state index contributed by atoms with van der Waals surface area (Å²) in [6.45, 7) is 1.68. The number of nitro benzene ring substituents is 1. The van der Waals surface area contributed by atoms with Crippen LogP contribution >= 0.6 is 0 Å². The Kier molecular flexibility index (Phi) is 7.37. The van der Waals surface area contributed by atoms with Crippen LogP contribution in [0.25, 0.3) is 0 Å². The number of nitrogens with one attached hydrogen (secondary N) is 1. The second-order valence-electron chi connectivity index (χ2n) is 6.27. The van der Waals surface area contributed by atoms with Crippen LogP contribution < -0.4 is 10.1 Å². The molecule has 0 heterocycles. The number of rotatable bonds is 9. The van der Waals surface area contributed by atoms with Crippen molar-refractivity contribution >= 4 is 23.3 Å². The number of nitrogens with zero attached hydrogens (tertiary/aromatic N) is 1. The van der Waals surface area contributed by atoms with Crippen LogP contribution in [0, 0.1) is 16.0 Å². The first-order valence-corrected chi connectivity index (χ1v) is 8.86. The van der Waals surface area contributed by atoms with E-state index in [0.29, 0.717) is 24.7 Å². The average Bonchev–Trinajstić information content (AvgIpc) is 3.13. The number of hydrogen-bond donors (Lipinski definition) is 1. The fourth-order valence-corrected chi connectivity index (χ4v) is 3.05. The van der Waals surface area contributed by atoms with Crippen molar-refractivity contribution in [3.05, 3.63) is 28.3 Å². The van der Waals surface area contributed by atoms with E-state index < -0.39 is 23.4 Å². The molecule has 8 heteroatoms. The van der Waals surface area contributed by atoms with E-state index in [-0.39, 0.29) is 11.4 Å². The number of esters is 1. The van der Waals surface area contributed by atoms with Crippen LogP contribution in [0.4, 0.5) is 11.4 Å². The van der Waals surface area contributed by atoms with Gasteiger partial charge in [-0.3, -0.25) is 19.7 Å². The maximum absolute atomic E-state index is 11.9. The standard InChI is InChI=1S/C18H24N2O6/c1-2-25-14-8-9-15(16(11-14)20(23)24)19-17(21)12-26-18(22)10-7-13-5-3-4-6-13/h8-9,11,13H,2-7,10,12H2,1H3,(H,19,21). The molecule has 1 aromatic carbocycles. The molecule has 142 valence electrons. The van der Waals surface area contributed by atoms with Gasteiger partial charge in [0.2, 0.25) is 0 Å². The first-order chi connectivity index (χ1) is 12.5. The number of hydrogen-bond acceptors (Lipinski definition) is 6. The van der Waals surface area contributed by atoms with Crippen molar-refractivity contribution < 1.29 is 24.0 Å². The lowest BCUT2D eigenvalue weighted by molar-refractivity contribution is -0.384. The summed E-state index contributed by atoms with van der Waals surface area (Å²) in [5, 5.41) is 13.6. The van der Waals surface area contributed by atoms with Gasteiger partial charge >= 0.3 is 5.97 Å². The molecular formula is C18H24N2O6. The van der Waals surface area contributed by atoms with Crippen LogP contribution in [0.1, 0.15) is 45.4 Å². The van der Waals surface area contributed by atoms with Crippen LogP contribution in [0.2, 0.25) is 0 Å². The highest BCUT2D eigenvalue weighted by atomic mass is 16.6. The summed E-state index contributed by atoms with van der Waals surface area (Å²) in [6, 6.07) is 4.16. The van der Waals surface area contributed by atoms with E-state index in [4.69, 9.17) is 9.47 Å². The minimum atomic E-state index is -0.619. The van der Waals surface area contributed by atoms with Gasteiger partial charge in [0, 0.05) is 6.42 Å². The van der Waals surface area contributed by atoms with E-state index in [2.05, 4.69) is 5.32 Å². The number of nitro groups is 1. The zero-order chi connectivity index (χ0) is 18.9. The average molecular weight is 364 g/mol. The smallest absolute Gasteiger partial charge is 0.306 e. The van der Waals surface area contributed by atoms with Gasteiger partial charge in [-0.25, -0.2) is 0 Å². The largest absolute Gasteiger partial charge is 0.494 e. The fraction of sp³-hybridized carbons (Fsp3) is 0.556. The van der Waals surface area contributed by atoms with Crippen molar-refractivity contribution in [1.82, 2.24) is 0 Å². The first kappa shape index (κ1) is 19.7. The lowest BCUT2D eigenvalue weighted by Gasteiger charge is -2.10. The summed E-state index contributed by atoms with van der Waals surface area (Å²) in [6.07, 6.45) is 5.79. The Morgan fingerprint density at radius 2 is 2.04 bits per heavy atom. The minimum absolute atomic E-state index is 0.0328. The molecule has 1 aliphatic rings. The van der Waals surface area contributed by atoms with Gasteiger partial charge in [0.05, 0.1) is 17.6 Å². The van der Waals surface area contributed by atoms with Crippen LogP contribution in [0.5, 0.6) is 5.75 Å². The number of ether oxygens (including phenoxy) is 2. The minimum Gasteiger partial charge on any atom is -0.494 e. The van der Waals surface area contributed by atoms with Crippen LogP contribution in [-0.4, -0.2) is 30.0 Å². The molecule has 1 aromatic rings. The van der Waals surface area contributed by atoms with E-state index in [0.717, 1.165) is 19.3 Å². The highest BCUT2D eigenvalue weighted by Gasteiger charge is 2.19. The van der Waals surface area contributed by atoms with E-state index >= 15 is 0 Å². The van der Waals surface area contributed by atoms with Crippen LogP contribution in [0.15, 0.2) is 18.2 Å². The van der Waals surface area contributed by atoms with Gasteiger partial charge in [0.25, 0.3) is 11.6 Å². The highest BCUT2D eigenvalue weighted by molar-refractivity contribution is 5.95. The predicted octanol–water partition coefficient (Wildman–Crippen LogP) is 3.45. The topological polar surface area (TPSA) is 108 Å².